The van der Waals surface area contributed by atoms with Crippen LogP contribution in [0.2, 0.25) is 0 Å². The Labute approximate surface area is 118 Å². The Balaban J connectivity index is 2.31. The number of hydrogen-bond acceptors (Lipinski definition) is 5. The average molecular weight is 271 g/mol. The zero-order valence-electron chi connectivity index (χ0n) is 11.9. The van der Waals surface area contributed by atoms with Crippen LogP contribution in [0.15, 0.2) is 22.7 Å². The molecule has 0 bridgehead atoms. The van der Waals surface area contributed by atoms with E-state index in [1.165, 1.54) is 0 Å². The molecule has 5 heteroatoms. The first-order valence-corrected chi connectivity index (χ1v) is 6.65. The molecule has 0 N–H and O–H groups in total. The van der Waals surface area contributed by atoms with Crippen molar-refractivity contribution in [2.75, 3.05) is 6.61 Å². The van der Waals surface area contributed by atoms with Crippen molar-refractivity contribution in [2.24, 2.45) is 0 Å². The number of nitrogens with zero attached hydrogens (tertiary/aromatic N) is 3. The van der Waals surface area contributed by atoms with E-state index >= 15 is 0 Å². The summed E-state index contributed by atoms with van der Waals surface area (Å²) in [6.07, 6.45) is 0.648. The molecule has 0 radical (unpaired) electrons. The molecule has 0 amide bonds. The molecule has 0 aliphatic heterocycles. The van der Waals surface area contributed by atoms with E-state index in [1.807, 2.05) is 26.8 Å². The van der Waals surface area contributed by atoms with Crippen LogP contribution in [0, 0.1) is 18.3 Å². The molecule has 0 saturated carbocycles. The van der Waals surface area contributed by atoms with E-state index < -0.39 is 0 Å². The van der Waals surface area contributed by atoms with E-state index in [2.05, 4.69) is 16.2 Å². The topological polar surface area (TPSA) is 71.9 Å². The second-order valence-corrected chi connectivity index (χ2v) is 4.45. The largest absolute Gasteiger partial charge is 0.370 e. The van der Waals surface area contributed by atoms with Gasteiger partial charge in [0.2, 0.25) is 5.82 Å². The van der Waals surface area contributed by atoms with Gasteiger partial charge in [-0.25, -0.2) is 0 Å². The lowest BCUT2D eigenvalue weighted by Gasteiger charge is -2.09. The number of rotatable bonds is 5. The Bertz CT molecular complexity index is 628. The summed E-state index contributed by atoms with van der Waals surface area (Å²) in [5.74, 6) is 1.02. The van der Waals surface area contributed by atoms with Crippen molar-refractivity contribution in [3.05, 3.63) is 35.2 Å². The van der Waals surface area contributed by atoms with Gasteiger partial charge in [-0.1, -0.05) is 12.1 Å². The van der Waals surface area contributed by atoms with Gasteiger partial charge in [-0.05, 0) is 44.0 Å². The summed E-state index contributed by atoms with van der Waals surface area (Å²) in [4.78, 5) is 4.40. The maximum atomic E-state index is 8.87. The molecule has 1 heterocycles. The summed E-state index contributed by atoms with van der Waals surface area (Å²) in [5, 5.41) is 12.9. The third-order valence-corrected chi connectivity index (χ3v) is 3.05. The summed E-state index contributed by atoms with van der Waals surface area (Å²) < 4.78 is 10.9. The van der Waals surface area contributed by atoms with Crippen LogP contribution in [0.25, 0.3) is 11.5 Å². The lowest BCUT2D eigenvalue weighted by atomic mass is 10.1. The monoisotopic (exact) mass is 271 g/mol. The maximum Gasteiger partial charge on any atom is 0.258 e. The summed E-state index contributed by atoms with van der Waals surface area (Å²) in [5.41, 5.74) is 2.39. The smallest absolute Gasteiger partial charge is 0.258 e. The van der Waals surface area contributed by atoms with Gasteiger partial charge in [0.1, 0.15) is 6.10 Å². The van der Waals surface area contributed by atoms with E-state index in [4.69, 9.17) is 14.5 Å². The minimum Gasteiger partial charge on any atom is -0.370 e. The number of nitriles is 1. The molecule has 1 unspecified atom stereocenters. The van der Waals surface area contributed by atoms with Gasteiger partial charge in [0, 0.05) is 12.2 Å². The molecule has 5 nitrogen and oxygen atoms in total. The van der Waals surface area contributed by atoms with Crippen molar-refractivity contribution in [3.8, 4) is 17.5 Å². The molecule has 0 spiro atoms. The van der Waals surface area contributed by atoms with Gasteiger partial charge >= 0.3 is 0 Å². The Hall–Kier alpha value is -2.19. The fraction of sp³-hybridized carbons (Fsp3) is 0.400. The molecule has 2 aromatic rings. The summed E-state index contributed by atoms with van der Waals surface area (Å²) in [6.45, 7) is 6.48. The summed E-state index contributed by atoms with van der Waals surface area (Å²) in [7, 11) is 0. The highest BCUT2D eigenvalue weighted by Crippen LogP contribution is 2.25. The molecule has 1 atom stereocenters. The first kappa shape index (κ1) is 14.2. The molecule has 2 rings (SSSR count). The van der Waals surface area contributed by atoms with Crippen LogP contribution in [0.3, 0.4) is 0 Å². The van der Waals surface area contributed by atoms with E-state index in [1.54, 1.807) is 12.1 Å². The van der Waals surface area contributed by atoms with Crippen LogP contribution in [0.4, 0.5) is 0 Å². The van der Waals surface area contributed by atoms with Crippen LogP contribution in [0.1, 0.15) is 43.3 Å². The lowest BCUT2D eigenvalue weighted by molar-refractivity contribution is 0.0518. The normalized spacial score (nSPS) is 12.1. The molecular weight excluding hydrogens is 254 g/mol. The van der Waals surface area contributed by atoms with Crippen molar-refractivity contribution >= 4 is 0 Å². The van der Waals surface area contributed by atoms with E-state index in [9.17, 15) is 0 Å². The third-order valence-electron chi connectivity index (χ3n) is 3.05. The highest BCUT2D eigenvalue weighted by molar-refractivity contribution is 5.60. The second kappa shape index (κ2) is 6.31. The molecule has 20 heavy (non-hydrogen) atoms. The molecule has 0 saturated heterocycles. The number of aryl methyl sites for hydroxylation is 1. The predicted molar refractivity (Wildman–Crippen MR) is 73.8 cm³/mol. The average Bonchev–Trinajstić information content (AvgIpc) is 2.93. The Morgan fingerprint density at radius 1 is 1.40 bits per heavy atom. The molecule has 0 aliphatic carbocycles. The first-order chi connectivity index (χ1) is 9.69. The fourth-order valence-corrected chi connectivity index (χ4v) is 2.02. The summed E-state index contributed by atoms with van der Waals surface area (Å²) >= 11 is 0. The van der Waals surface area contributed by atoms with Crippen LogP contribution in [-0.2, 0) is 4.74 Å². The van der Waals surface area contributed by atoms with Crippen molar-refractivity contribution in [3.63, 3.8) is 0 Å². The molecule has 1 aromatic heterocycles. The van der Waals surface area contributed by atoms with E-state index in [-0.39, 0.29) is 6.10 Å². The van der Waals surface area contributed by atoms with Crippen molar-refractivity contribution in [1.82, 2.24) is 10.1 Å². The minimum atomic E-state index is -0.142. The number of hydrogen-bond donors (Lipinski definition) is 0. The predicted octanol–water partition coefficient (Wildman–Crippen LogP) is 3.40. The molecule has 104 valence electrons. The lowest BCUT2D eigenvalue weighted by Crippen LogP contribution is -2.04. The van der Waals surface area contributed by atoms with E-state index in [0.29, 0.717) is 23.9 Å². The number of ether oxygens (including phenoxy) is 1. The highest BCUT2D eigenvalue weighted by Gasteiger charge is 2.18. The Morgan fingerprint density at radius 2 is 2.20 bits per heavy atom. The van der Waals surface area contributed by atoms with Gasteiger partial charge < -0.3 is 9.26 Å². The molecule has 0 aliphatic rings. The van der Waals surface area contributed by atoms with Crippen LogP contribution in [-0.4, -0.2) is 16.7 Å². The fourth-order valence-electron chi connectivity index (χ4n) is 2.02. The highest BCUT2D eigenvalue weighted by atomic mass is 16.5. The Morgan fingerprint density at radius 3 is 2.80 bits per heavy atom. The van der Waals surface area contributed by atoms with Crippen LogP contribution < -0.4 is 0 Å². The maximum absolute atomic E-state index is 8.87. The van der Waals surface area contributed by atoms with Gasteiger partial charge in [-0.15, -0.1) is 0 Å². The van der Waals surface area contributed by atoms with Gasteiger partial charge in [-0.2, -0.15) is 10.2 Å². The van der Waals surface area contributed by atoms with Crippen molar-refractivity contribution in [1.29, 1.82) is 5.26 Å². The van der Waals surface area contributed by atoms with Gasteiger partial charge in [0.25, 0.3) is 5.89 Å². The SMILES string of the molecule is CCOC(CC)c1noc(-c2ccc(C#N)cc2C)n1. The molecule has 0 fully saturated rings. The first-order valence-electron chi connectivity index (χ1n) is 6.65. The third kappa shape index (κ3) is 2.86. The molecular formula is C15H17N3O2. The number of aromatic nitrogens is 2. The zero-order valence-corrected chi connectivity index (χ0v) is 11.9. The van der Waals surface area contributed by atoms with Crippen molar-refractivity contribution < 1.29 is 9.26 Å². The Kier molecular flexibility index (Phi) is 4.49. The van der Waals surface area contributed by atoms with Gasteiger partial charge in [0.15, 0.2) is 0 Å². The van der Waals surface area contributed by atoms with Crippen LogP contribution >= 0.6 is 0 Å². The number of benzene rings is 1. The molecule has 1 aromatic carbocycles. The van der Waals surface area contributed by atoms with Crippen LogP contribution in [0.5, 0.6) is 0 Å². The zero-order chi connectivity index (χ0) is 14.5. The quantitative estimate of drug-likeness (QED) is 0.833. The van der Waals surface area contributed by atoms with E-state index in [0.717, 1.165) is 17.5 Å². The summed E-state index contributed by atoms with van der Waals surface area (Å²) in [6, 6.07) is 7.48. The minimum absolute atomic E-state index is 0.142. The second-order valence-electron chi connectivity index (χ2n) is 4.45. The van der Waals surface area contributed by atoms with Gasteiger partial charge in [0.05, 0.1) is 11.6 Å². The van der Waals surface area contributed by atoms with Gasteiger partial charge in [-0.3, -0.25) is 0 Å². The van der Waals surface area contributed by atoms with Crippen molar-refractivity contribution in [2.45, 2.75) is 33.3 Å². The standard InChI is InChI=1S/C15H17N3O2/c1-4-13(19-5-2)14-17-15(20-18-14)12-7-6-11(9-16)8-10(12)3/h6-8,13H,4-5H2,1-3H3.